The third-order valence-electron chi connectivity index (χ3n) is 2.95. The molecular weight excluding hydrogens is 255 g/mol. The van der Waals surface area contributed by atoms with E-state index in [4.69, 9.17) is 0 Å². The molecule has 0 saturated heterocycles. The van der Waals surface area contributed by atoms with Gasteiger partial charge in [-0.15, -0.1) is 24.8 Å². The topological polar surface area (TPSA) is 24.4 Å². The van der Waals surface area contributed by atoms with Crippen LogP contribution in [-0.2, 0) is 12.8 Å². The van der Waals surface area contributed by atoms with Gasteiger partial charge in [-0.25, -0.2) is 0 Å². The van der Waals surface area contributed by atoms with Gasteiger partial charge in [0.25, 0.3) is 0 Å². The number of hydrogen-bond donors (Lipinski definition) is 1. The van der Waals surface area contributed by atoms with E-state index in [-0.39, 0.29) is 24.8 Å². The average Bonchev–Trinajstić information content (AvgIpc) is 2.29. The highest BCUT2D eigenvalue weighted by Crippen LogP contribution is 2.25. The molecule has 1 aliphatic rings. The quantitative estimate of drug-likeness (QED) is 0.899. The molecule has 1 unspecified atom stereocenters. The van der Waals surface area contributed by atoms with E-state index in [1.807, 2.05) is 13.3 Å². The Bertz CT molecular complexity index is 378. The lowest BCUT2D eigenvalue weighted by Crippen LogP contribution is -2.23. The molecule has 17 heavy (non-hydrogen) atoms. The molecule has 1 heterocycles. The Morgan fingerprint density at radius 2 is 2.12 bits per heavy atom. The number of nitrogens with one attached hydrogen (secondary N) is 1. The second-order valence-corrected chi connectivity index (χ2v) is 4.21. The Kier molecular flexibility index (Phi) is 7.44. The van der Waals surface area contributed by atoms with E-state index in [0.29, 0.717) is 6.04 Å². The summed E-state index contributed by atoms with van der Waals surface area (Å²) in [6.45, 7) is 2.21. The molecule has 0 radical (unpaired) electrons. The number of likely N-dealkylation sites (N-methyl/N-ethyl adjacent to an activating group) is 1. The summed E-state index contributed by atoms with van der Waals surface area (Å²) in [5.41, 5.74) is 3.97. The summed E-state index contributed by atoms with van der Waals surface area (Å²) in [4.78, 5) is 4.39. The molecule has 2 rings (SSSR count). The van der Waals surface area contributed by atoms with Crippen molar-refractivity contribution in [2.24, 2.45) is 4.99 Å². The van der Waals surface area contributed by atoms with Crippen LogP contribution in [0.1, 0.15) is 24.5 Å². The van der Waals surface area contributed by atoms with Gasteiger partial charge in [-0.05, 0) is 50.4 Å². The van der Waals surface area contributed by atoms with Crippen LogP contribution in [0.2, 0.25) is 0 Å². The monoisotopic (exact) mass is 274 g/mol. The van der Waals surface area contributed by atoms with E-state index in [1.165, 1.54) is 11.1 Å². The van der Waals surface area contributed by atoms with Crippen LogP contribution in [0.3, 0.4) is 0 Å². The second kappa shape index (κ2) is 7.70. The third kappa shape index (κ3) is 4.30. The van der Waals surface area contributed by atoms with Crippen LogP contribution in [0, 0.1) is 0 Å². The van der Waals surface area contributed by atoms with Crippen molar-refractivity contribution in [2.75, 3.05) is 7.05 Å². The van der Waals surface area contributed by atoms with E-state index < -0.39 is 0 Å². The predicted molar refractivity (Wildman–Crippen MR) is 79.6 cm³/mol. The average molecular weight is 275 g/mol. The van der Waals surface area contributed by atoms with Crippen molar-refractivity contribution in [3.63, 3.8) is 0 Å². The van der Waals surface area contributed by atoms with Crippen molar-refractivity contribution in [1.82, 2.24) is 5.32 Å². The molecule has 1 atom stereocenters. The largest absolute Gasteiger partial charge is 0.317 e. The highest BCUT2D eigenvalue weighted by Gasteiger charge is 2.07. The zero-order chi connectivity index (χ0) is 10.7. The van der Waals surface area contributed by atoms with Gasteiger partial charge in [0.1, 0.15) is 0 Å². The molecule has 2 nitrogen and oxygen atoms in total. The molecule has 0 aromatic heterocycles. The number of aryl methyl sites for hydroxylation is 1. The number of hydrogen-bond acceptors (Lipinski definition) is 2. The lowest BCUT2D eigenvalue weighted by molar-refractivity contribution is 0.608. The van der Waals surface area contributed by atoms with Gasteiger partial charge in [0.15, 0.2) is 0 Å². The van der Waals surface area contributed by atoms with E-state index in [0.717, 1.165) is 24.9 Å². The molecule has 4 heteroatoms. The molecule has 1 aromatic carbocycles. The van der Waals surface area contributed by atoms with Crippen LogP contribution < -0.4 is 5.32 Å². The molecule has 0 spiro atoms. The zero-order valence-electron chi connectivity index (χ0n) is 10.3. The SMILES string of the molecule is CNC(C)Cc1ccc2c(c1)CCC=N2.Cl.Cl. The predicted octanol–water partition coefficient (Wildman–Crippen LogP) is 3.33. The van der Waals surface area contributed by atoms with Crippen LogP contribution in [0.5, 0.6) is 0 Å². The van der Waals surface area contributed by atoms with Gasteiger partial charge in [0.2, 0.25) is 0 Å². The minimum absolute atomic E-state index is 0. The van der Waals surface area contributed by atoms with E-state index in [1.54, 1.807) is 0 Å². The molecule has 0 saturated carbocycles. The van der Waals surface area contributed by atoms with E-state index in [2.05, 4.69) is 35.4 Å². The number of rotatable bonds is 3. The first kappa shape index (κ1) is 16.4. The Hall–Kier alpha value is -0.570. The molecule has 0 aliphatic carbocycles. The van der Waals surface area contributed by atoms with Gasteiger partial charge in [0.05, 0.1) is 5.69 Å². The molecule has 1 aliphatic heterocycles. The minimum atomic E-state index is 0. The van der Waals surface area contributed by atoms with Crippen molar-refractivity contribution in [3.05, 3.63) is 29.3 Å². The number of fused-ring (bicyclic) bond motifs is 1. The first-order valence-corrected chi connectivity index (χ1v) is 5.61. The standard InChI is InChI=1S/C13H18N2.2ClH/c1-10(14-2)8-11-5-6-13-12(9-11)4-3-7-15-13;;/h5-7,9-10,14H,3-4,8H2,1-2H3;2*1H. The van der Waals surface area contributed by atoms with Crippen molar-refractivity contribution in [2.45, 2.75) is 32.2 Å². The van der Waals surface area contributed by atoms with Crippen LogP contribution in [0.25, 0.3) is 0 Å². The number of halogens is 2. The van der Waals surface area contributed by atoms with Gasteiger partial charge >= 0.3 is 0 Å². The number of aliphatic imine (C=N–C) groups is 1. The fourth-order valence-electron chi connectivity index (χ4n) is 1.93. The summed E-state index contributed by atoms with van der Waals surface area (Å²) >= 11 is 0. The molecule has 0 bridgehead atoms. The smallest absolute Gasteiger partial charge is 0.0657 e. The minimum Gasteiger partial charge on any atom is -0.317 e. The molecule has 0 fully saturated rings. The maximum absolute atomic E-state index is 4.39. The van der Waals surface area contributed by atoms with Gasteiger partial charge in [0, 0.05) is 12.3 Å². The van der Waals surface area contributed by atoms with Crippen molar-refractivity contribution >= 4 is 36.7 Å². The zero-order valence-corrected chi connectivity index (χ0v) is 11.9. The van der Waals surface area contributed by atoms with E-state index >= 15 is 0 Å². The van der Waals surface area contributed by atoms with Gasteiger partial charge in [-0.2, -0.15) is 0 Å². The molecule has 1 aromatic rings. The Morgan fingerprint density at radius 3 is 2.82 bits per heavy atom. The van der Waals surface area contributed by atoms with Crippen LogP contribution in [-0.4, -0.2) is 19.3 Å². The maximum atomic E-state index is 4.39. The van der Waals surface area contributed by atoms with Crippen molar-refractivity contribution in [1.29, 1.82) is 0 Å². The van der Waals surface area contributed by atoms with Crippen LogP contribution >= 0.6 is 24.8 Å². The first-order valence-electron chi connectivity index (χ1n) is 5.61. The summed E-state index contributed by atoms with van der Waals surface area (Å²) in [6.07, 6.45) is 5.32. The summed E-state index contributed by atoms with van der Waals surface area (Å²) in [5.74, 6) is 0. The fourth-order valence-corrected chi connectivity index (χ4v) is 1.93. The maximum Gasteiger partial charge on any atom is 0.0657 e. The molecule has 0 amide bonds. The van der Waals surface area contributed by atoms with Crippen molar-refractivity contribution < 1.29 is 0 Å². The first-order chi connectivity index (χ1) is 7.29. The van der Waals surface area contributed by atoms with Gasteiger partial charge in [-0.3, -0.25) is 4.99 Å². The van der Waals surface area contributed by atoms with Gasteiger partial charge in [-0.1, -0.05) is 12.1 Å². The normalized spacial score (nSPS) is 14.2. The molecular formula is C13H20Cl2N2. The van der Waals surface area contributed by atoms with Crippen LogP contribution in [0.4, 0.5) is 5.69 Å². The summed E-state index contributed by atoms with van der Waals surface area (Å²) in [6, 6.07) is 7.17. The molecule has 96 valence electrons. The van der Waals surface area contributed by atoms with Gasteiger partial charge < -0.3 is 5.32 Å². The Labute approximate surface area is 116 Å². The Morgan fingerprint density at radius 1 is 1.35 bits per heavy atom. The Balaban J connectivity index is 0.00000128. The number of nitrogens with zero attached hydrogens (tertiary/aromatic N) is 1. The summed E-state index contributed by atoms with van der Waals surface area (Å²) in [7, 11) is 2.01. The third-order valence-corrected chi connectivity index (χ3v) is 2.95. The number of benzene rings is 1. The van der Waals surface area contributed by atoms with Crippen molar-refractivity contribution in [3.8, 4) is 0 Å². The second-order valence-electron chi connectivity index (χ2n) is 4.21. The molecule has 1 N–H and O–H groups in total. The van der Waals surface area contributed by atoms with E-state index in [9.17, 15) is 0 Å². The highest BCUT2D eigenvalue weighted by atomic mass is 35.5. The highest BCUT2D eigenvalue weighted by molar-refractivity contribution is 5.85. The lowest BCUT2D eigenvalue weighted by Gasteiger charge is -2.14. The van der Waals surface area contributed by atoms with Crippen LogP contribution in [0.15, 0.2) is 23.2 Å². The fraction of sp³-hybridized carbons (Fsp3) is 0.462. The summed E-state index contributed by atoms with van der Waals surface area (Å²) in [5, 5.41) is 3.26. The summed E-state index contributed by atoms with van der Waals surface area (Å²) < 4.78 is 0. The lowest BCUT2D eigenvalue weighted by atomic mass is 9.99.